The monoisotopic (exact) mass is 366 g/mol. The second kappa shape index (κ2) is 6.50. The van der Waals surface area contributed by atoms with Crippen molar-refractivity contribution >= 4 is 44.7 Å². The van der Waals surface area contributed by atoms with Crippen molar-refractivity contribution in [3.8, 4) is 0 Å². The molecule has 4 aromatic rings. The van der Waals surface area contributed by atoms with Crippen LogP contribution in [-0.2, 0) is 9.59 Å². The number of benzene rings is 4. The molecule has 5 rings (SSSR count). The number of hydrogen-bond donors (Lipinski definition) is 1. The zero-order chi connectivity index (χ0) is 19.1. The van der Waals surface area contributed by atoms with Gasteiger partial charge >= 0.3 is 0 Å². The molecule has 1 N–H and O–H groups in total. The molecule has 4 heteroatoms. The minimum atomic E-state index is -0.562. The van der Waals surface area contributed by atoms with Crippen LogP contribution in [-0.4, -0.2) is 17.9 Å². The highest BCUT2D eigenvalue weighted by Gasteiger charge is 2.40. The van der Waals surface area contributed by atoms with Crippen LogP contribution >= 0.6 is 0 Å². The average molecular weight is 366 g/mol. The summed E-state index contributed by atoms with van der Waals surface area (Å²) < 4.78 is 0. The van der Waals surface area contributed by atoms with Crippen molar-refractivity contribution in [2.75, 3.05) is 10.2 Å². The highest BCUT2D eigenvalue weighted by atomic mass is 16.2. The number of nitrogens with zero attached hydrogens (tertiary/aromatic N) is 1. The Bertz CT molecular complexity index is 1230. The molecular weight excluding hydrogens is 348 g/mol. The topological polar surface area (TPSA) is 49.4 Å². The van der Waals surface area contributed by atoms with E-state index in [4.69, 9.17) is 0 Å². The van der Waals surface area contributed by atoms with E-state index < -0.39 is 6.04 Å². The SMILES string of the molecule is O=C1C[C@H](Nc2ccc3ccccc3c2)C(=O)N1c1cccc2ccccc12. The summed E-state index contributed by atoms with van der Waals surface area (Å²) in [5.41, 5.74) is 1.49. The van der Waals surface area contributed by atoms with Crippen molar-refractivity contribution in [3.05, 3.63) is 84.9 Å². The minimum Gasteiger partial charge on any atom is -0.373 e. The summed E-state index contributed by atoms with van der Waals surface area (Å²) in [4.78, 5) is 27.1. The largest absolute Gasteiger partial charge is 0.373 e. The van der Waals surface area contributed by atoms with Gasteiger partial charge in [-0.15, -0.1) is 0 Å². The minimum absolute atomic E-state index is 0.148. The Balaban J connectivity index is 1.47. The van der Waals surface area contributed by atoms with Crippen molar-refractivity contribution in [1.82, 2.24) is 0 Å². The first kappa shape index (κ1) is 16.5. The van der Waals surface area contributed by atoms with Gasteiger partial charge in [-0.1, -0.05) is 66.7 Å². The van der Waals surface area contributed by atoms with Gasteiger partial charge in [0.1, 0.15) is 6.04 Å². The smallest absolute Gasteiger partial charge is 0.256 e. The highest BCUT2D eigenvalue weighted by Crippen LogP contribution is 2.31. The lowest BCUT2D eigenvalue weighted by atomic mass is 10.1. The maximum Gasteiger partial charge on any atom is 0.256 e. The molecule has 1 aliphatic heterocycles. The Kier molecular flexibility index (Phi) is 3.83. The zero-order valence-corrected chi connectivity index (χ0v) is 15.1. The Morgan fingerprint density at radius 2 is 1.46 bits per heavy atom. The third-order valence-electron chi connectivity index (χ3n) is 5.24. The molecule has 1 aliphatic rings. The van der Waals surface area contributed by atoms with Crippen molar-refractivity contribution in [1.29, 1.82) is 0 Å². The highest BCUT2D eigenvalue weighted by molar-refractivity contribution is 6.25. The molecule has 1 heterocycles. The third kappa shape index (κ3) is 2.70. The van der Waals surface area contributed by atoms with Gasteiger partial charge in [0, 0.05) is 11.1 Å². The summed E-state index contributed by atoms with van der Waals surface area (Å²) in [6.45, 7) is 0. The molecule has 0 unspecified atom stereocenters. The molecule has 28 heavy (non-hydrogen) atoms. The van der Waals surface area contributed by atoms with Gasteiger partial charge in [-0.25, -0.2) is 4.90 Å². The van der Waals surface area contributed by atoms with E-state index in [1.165, 1.54) is 4.90 Å². The molecule has 1 atom stereocenters. The fourth-order valence-corrected chi connectivity index (χ4v) is 3.88. The van der Waals surface area contributed by atoms with E-state index in [1.807, 2.05) is 84.9 Å². The van der Waals surface area contributed by atoms with Gasteiger partial charge < -0.3 is 5.32 Å². The lowest BCUT2D eigenvalue weighted by Crippen LogP contribution is -2.34. The molecule has 0 spiro atoms. The van der Waals surface area contributed by atoms with E-state index in [1.54, 1.807) is 0 Å². The van der Waals surface area contributed by atoms with Crippen LogP contribution in [0.1, 0.15) is 6.42 Å². The second-order valence-corrected chi connectivity index (χ2v) is 7.03. The Labute approximate surface area is 162 Å². The quantitative estimate of drug-likeness (QED) is 0.533. The van der Waals surface area contributed by atoms with Crippen LogP contribution in [0.25, 0.3) is 21.5 Å². The molecule has 4 nitrogen and oxygen atoms in total. The van der Waals surface area contributed by atoms with Gasteiger partial charge in [0.05, 0.1) is 12.1 Å². The van der Waals surface area contributed by atoms with Crippen LogP contribution in [0.3, 0.4) is 0 Å². The summed E-state index contributed by atoms with van der Waals surface area (Å²) in [6, 6.07) is 26.9. The Morgan fingerprint density at radius 3 is 2.32 bits per heavy atom. The standard InChI is InChI=1S/C24H18N2O2/c27-23-15-21(25-19-13-12-16-6-1-2-8-18(16)14-19)24(28)26(23)22-11-5-9-17-7-3-4-10-20(17)22/h1-14,21,25H,15H2/t21-/m0/s1. The molecule has 0 aromatic heterocycles. The number of rotatable bonds is 3. The van der Waals surface area contributed by atoms with E-state index in [0.717, 1.165) is 27.2 Å². The first-order chi connectivity index (χ1) is 13.7. The normalized spacial score (nSPS) is 16.9. The number of carbonyl (C=O) groups is 2. The average Bonchev–Trinajstić information content (AvgIpc) is 3.00. The fourth-order valence-electron chi connectivity index (χ4n) is 3.88. The van der Waals surface area contributed by atoms with E-state index in [0.29, 0.717) is 5.69 Å². The number of amides is 2. The van der Waals surface area contributed by atoms with Crippen molar-refractivity contribution < 1.29 is 9.59 Å². The van der Waals surface area contributed by atoms with Gasteiger partial charge in [-0.05, 0) is 34.4 Å². The first-order valence-corrected chi connectivity index (χ1v) is 9.30. The number of fused-ring (bicyclic) bond motifs is 2. The third-order valence-corrected chi connectivity index (χ3v) is 5.24. The molecule has 0 bridgehead atoms. The number of nitrogens with one attached hydrogen (secondary N) is 1. The molecular formula is C24H18N2O2. The number of carbonyl (C=O) groups excluding carboxylic acids is 2. The molecule has 0 aliphatic carbocycles. The van der Waals surface area contributed by atoms with Crippen LogP contribution in [0.2, 0.25) is 0 Å². The maximum atomic E-state index is 13.1. The van der Waals surface area contributed by atoms with Gasteiger partial charge in [0.15, 0.2) is 0 Å². The Hall–Kier alpha value is -3.66. The predicted octanol–water partition coefficient (Wildman–Crippen LogP) is 4.74. The number of anilines is 2. The van der Waals surface area contributed by atoms with Crippen LogP contribution in [0.15, 0.2) is 84.9 Å². The summed E-state index contributed by atoms with van der Waals surface area (Å²) in [5.74, 6) is -0.394. The molecule has 2 amide bonds. The maximum absolute atomic E-state index is 13.1. The molecule has 4 aromatic carbocycles. The van der Waals surface area contributed by atoms with E-state index >= 15 is 0 Å². The van der Waals surface area contributed by atoms with Gasteiger partial charge in [0.25, 0.3) is 5.91 Å². The molecule has 1 saturated heterocycles. The van der Waals surface area contributed by atoms with Crippen molar-refractivity contribution in [3.63, 3.8) is 0 Å². The van der Waals surface area contributed by atoms with E-state index in [9.17, 15) is 9.59 Å². The predicted molar refractivity (Wildman–Crippen MR) is 112 cm³/mol. The van der Waals surface area contributed by atoms with E-state index in [2.05, 4.69) is 5.32 Å². The summed E-state index contributed by atoms with van der Waals surface area (Å²) in [6.07, 6.45) is 0.148. The summed E-state index contributed by atoms with van der Waals surface area (Å²) in [7, 11) is 0. The lowest BCUT2D eigenvalue weighted by molar-refractivity contribution is -0.121. The van der Waals surface area contributed by atoms with Gasteiger partial charge in [0.2, 0.25) is 5.91 Å². The van der Waals surface area contributed by atoms with Crippen molar-refractivity contribution in [2.24, 2.45) is 0 Å². The summed E-state index contributed by atoms with van der Waals surface area (Å²) >= 11 is 0. The molecule has 1 fully saturated rings. The van der Waals surface area contributed by atoms with Crippen LogP contribution in [0, 0.1) is 0 Å². The molecule has 0 saturated carbocycles. The number of hydrogen-bond acceptors (Lipinski definition) is 3. The summed E-state index contributed by atoms with van der Waals surface area (Å²) in [5, 5.41) is 7.39. The Morgan fingerprint density at radius 1 is 0.750 bits per heavy atom. The molecule has 136 valence electrons. The fraction of sp³-hybridized carbons (Fsp3) is 0.0833. The van der Waals surface area contributed by atoms with Gasteiger partial charge in [-0.3, -0.25) is 9.59 Å². The zero-order valence-electron chi connectivity index (χ0n) is 15.1. The lowest BCUT2D eigenvalue weighted by Gasteiger charge is -2.18. The van der Waals surface area contributed by atoms with Crippen LogP contribution < -0.4 is 10.2 Å². The van der Waals surface area contributed by atoms with Gasteiger partial charge in [-0.2, -0.15) is 0 Å². The van der Waals surface area contributed by atoms with Crippen LogP contribution in [0.4, 0.5) is 11.4 Å². The van der Waals surface area contributed by atoms with E-state index in [-0.39, 0.29) is 18.2 Å². The first-order valence-electron chi connectivity index (χ1n) is 9.30. The molecule has 0 radical (unpaired) electrons. The van der Waals surface area contributed by atoms with Crippen molar-refractivity contribution in [2.45, 2.75) is 12.5 Å². The second-order valence-electron chi connectivity index (χ2n) is 7.03. The number of imide groups is 1. The van der Waals surface area contributed by atoms with Crippen LogP contribution in [0.5, 0.6) is 0 Å².